The Balaban J connectivity index is 2.11. The van der Waals surface area contributed by atoms with Crippen LogP contribution in [0.4, 0.5) is 0 Å². The first-order chi connectivity index (χ1) is 10.0. The molecule has 4 heteroatoms. The molecule has 2 rings (SSSR count). The first-order valence-corrected chi connectivity index (χ1v) is 7.77. The average molecular weight is 290 g/mol. The smallest absolute Gasteiger partial charge is 0.227 e. The number of carbonyl (C=O) groups is 1. The first kappa shape index (κ1) is 16.0. The Morgan fingerprint density at radius 3 is 2.71 bits per heavy atom. The van der Waals surface area contributed by atoms with Gasteiger partial charge in [-0.15, -0.1) is 0 Å². The van der Waals surface area contributed by atoms with Gasteiger partial charge in [-0.3, -0.25) is 4.79 Å². The number of hydrogen-bond donors (Lipinski definition) is 2. The normalized spacial score (nSPS) is 25.6. The molecule has 1 aliphatic carbocycles. The monoisotopic (exact) mass is 290 g/mol. The molecule has 1 aromatic carbocycles. The highest BCUT2D eigenvalue weighted by Gasteiger charge is 2.39. The van der Waals surface area contributed by atoms with E-state index in [1.807, 2.05) is 37.3 Å². The average Bonchev–Trinajstić information content (AvgIpc) is 2.47. The van der Waals surface area contributed by atoms with Crippen LogP contribution in [0.1, 0.15) is 38.2 Å². The predicted octanol–water partition coefficient (Wildman–Crippen LogP) is 1.92. The lowest BCUT2D eigenvalue weighted by atomic mass is 9.74. The highest BCUT2D eigenvalue weighted by Crippen LogP contribution is 2.33. The molecule has 3 N–H and O–H groups in total. The van der Waals surface area contributed by atoms with E-state index in [2.05, 4.69) is 0 Å². The fourth-order valence-electron chi connectivity index (χ4n) is 3.18. The van der Waals surface area contributed by atoms with Crippen LogP contribution in [-0.4, -0.2) is 34.6 Å². The molecule has 1 saturated carbocycles. The van der Waals surface area contributed by atoms with Crippen LogP contribution in [0.2, 0.25) is 0 Å². The van der Waals surface area contributed by atoms with Crippen molar-refractivity contribution in [3.63, 3.8) is 0 Å². The summed E-state index contributed by atoms with van der Waals surface area (Å²) in [5.74, 6) is -0.0564. The molecule has 2 atom stereocenters. The van der Waals surface area contributed by atoms with Crippen LogP contribution in [0, 0.1) is 5.92 Å². The lowest BCUT2D eigenvalue weighted by molar-refractivity contribution is -0.140. The second kappa shape index (κ2) is 7.05. The SMILES string of the molecule is CC1(N)CCCCC1C(=O)N(CCO)Cc1ccccc1. The zero-order chi connectivity index (χ0) is 15.3. The van der Waals surface area contributed by atoms with Gasteiger partial charge in [0.15, 0.2) is 0 Å². The number of amides is 1. The summed E-state index contributed by atoms with van der Waals surface area (Å²) in [6.45, 7) is 2.86. The molecule has 21 heavy (non-hydrogen) atoms. The standard InChI is InChI=1S/C17H26N2O2/c1-17(18)10-6-5-9-15(17)16(21)19(11-12-20)13-14-7-3-2-4-8-14/h2-4,7-8,15,20H,5-6,9-13,18H2,1H3. The van der Waals surface area contributed by atoms with Crippen LogP contribution < -0.4 is 5.73 Å². The van der Waals surface area contributed by atoms with E-state index in [4.69, 9.17) is 5.73 Å². The van der Waals surface area contributed by atoms with Gasteiger partial charge in [0, 0.05) is 18.6 Å². The Bertz CT molecular complexity index is 459. The minimum absolute atomic E-state index is 0.0213. The molecule has 116 valence electrons. The molecular weight excluding hydrogens is 264 g/mol. The number of benzene rings is 1. The molecule has 1 fully saturated rings. The highest BCUT2D eigenvalue weighted by molar-refractivity contribution is 5.80. The van der Waals surface area contributed by atoms with Crippen LogP contribution in [0.5, 0.6) is 0 Å². The lowest BCUT2D eigenvalue weighted by Gasteiger charge is -2.40. The number of aliphatic hydroxyl groups is 1. The molecule has 1 aromatic rings. The minimum atomic E-state index is -0.431. The zero-order valence-electron chi connectivity index (χ0n) is 12.8. The van der Waals surface area contributed by atoms with Gasteiger partial charge in [0.1, 0.15) is 0 Å². The van der Waals surface area contributed by atoms with Gasteiger partial charge >= 0.3 is 0 Å². The van der Waals surface area contributed by atoms with Crippen LogP contribution in [0.25, 0.3) is 0 Å². The van der Waals surface area contributed by atoms with E-state index in [1.165, 1.54) is 0 Å². The second-order valence-corrected chi connectivity index (χ2v) is 6.27. The van der Waals surface area contributed by atoms with Crippen molar-refractivity contribution < 1.29 is 9.90 Å². The summed E-state index contributed by atoms with van der Waals surface area (Å²) in [5.41, 5.74) is 6.99. The quantitative estimate of drug-likeness (QED) is 0.870. The van der Waals surface area contributed by atoms with Crippen molar-refractivity contribution in [2.75, 3.05) is 13.2 Å². The number of carbonyl (C=O) groups excluding carboxylic acids is 1. The molecule has 0 heterocycles. The highest BCUT2D eigenvalue weighted by atomic mass is 16.3. The lowest BCUT2D eigenvalue weighted by Crippen LogP contribution is -2.54. The van der Waals surface area contributed by atoms with E-state index in [0.29, 0.717) is 13.1 Å². The third-order valence-corrected chi connectivity index (χ3v) is 4.45. The maximum atomic E-state index is 12.8. The summed E-state index contributed by atoms with van der Waals surface area (Å²) in [7, 11) is 0. The van der Waals surface area contributed by atoms with Gasteiger partial charge in [-0.05, 0) is 25.3 Å². The van der Waals surface area contributed by atoms with Crippen LogP contribution in [0.15, 0.2) is 30.3 Å². The van der Waals surface area contributed by atoms with E-state index in [0.717, 1.165) is 31.2 Å². The summed E-state index contributed by atoms with van der Waals surface area (Å²) >= 11 is 0. The number of hydrogen-bond acceptors (Lipinski definition) is 3. The Morgan fingerprint density at radius 1 is 1.38 bits per heavy atom. The van der Waals surface area contributed by atoms with Crippen molar-refractivity contribution in [3.8, 4) is 0 Å². The zero-order valence-corrected chi connectivity index (χ0v) is 12.8. The molecule has 4 nitrogen and oxygen atoms in total. The van der Waals surface area contributed by atoms with E-state index >= 15 is 0 Å². The Labute approximate surface area is 126 Å². The van der Waals surface area contributed by atoms with Crippen molar-refractivity contribution in [1.82, 2.24) is 4.90 Å². The maximum absolute atomic E-state index is 12.8. The summed E-state index contributed by atoms with van der Waals surface area (Å²) in [5, 5.41) is 9.27. The molecular formula is C17H26N2O2. The van der Waals surface area contributed by atoms with Crippen molar-refractivity contribution in [3.05, 3.63) is 35.9 Å². The fraction of sp³-hybridized carbons (Fsp3) is 0.588. The van der Waals surface area contributed by atoms with Gasteiger partial charge in [0.2, 0.25) is 5.91 Å². The van der Waals surface area contributed by atoms with Gasteiger partial charge in [-0.2, -0.15) is 0 Å². The van der Waals surface area contributed by atoms with Gasteiger partial charge in [0.25, 0.3) is 0 Å². The largest absolute Gasteiger partial charge is 0.395 e. The Kier molecular flexibility index (Phi) is 5.37. The molecule has 0 spiro atoms. The summed E-state index contributed by atoms with van der Waals surface area (Å²) in [4.78, 5) is 14.6. The molecule has 0 aromatic heterocycles. The van der Waals surface area contributed by atoms with E-state index in [-0.39, 0.29) is 18.4 Å². The molecule has 0 aliphatic heterocycles. The second-order valence-electron chi connectivity index (χ2n) is 6.27. The summed E-state index contributed by atoms with van der Waals surface area (Å²) in [6, 6.07) is 9.88. The van der Waals surface area contributed by atoms with E-state index in [9.17, 15) is 9.90 Å². The molecule has 0 saturated heterocycles. The maximum Gasteiger partial charge on any atom is 0.227 e. The minimum Gasteiger partial charge on any atom is -0.395 e. The van der Waals surface area contributed by atoms with Crippen molar-refractivity contribution >= 4 is 5.91 Å². The predicted molar refractivity (Wildman–Crippen MR) is 83.5 cm³/mol. The van der Waals surface area contributed by atoms with Crippen molar-refractivity contribution in [1.29, 1.82) is 0 Å². The van der Waals surface area contributed by atoms with Gasteiger partial charge in [-0.25, -0.2) is 0 Å². The van der Waals surface area contributed by atoms with Gasteiger partial charge in [0.05, 0.1) is 12.5 Å². The Hall–Kier alpha value is -1.39. The summed E-state index contributed by atoms with van der Waals surface area (Å²) < 4.78 is 0. The number of rotatable bonds is 5. The van der Waals surface area contributed by atoms with E-state index < -0.39 is 5.54 Å². The fourth-order valence-corrected chi connectivity index (χ4v) is 3.18. The third kappa shape index (κ3) is 4.05. The van der Waals surface area contributed by atoms with Crippen LogP contribution in [0.3, 0.4) is 0 Å². The van der Waals surface area contributed by atoms with Gasteiger partial charge in [-0.1, -0.05) is 43.2 Å². The Morgan fingerprint density at radius 2 is 2.10 bits per heavy atom. The van der Waals surface area contributed by atoms with Crippen molar-refractivity contribution in [2.24, 2.45) is 11.7 Å². The third-order valence-electron chi connectivity index (χ3n) is 4.45. The number of aliphatic hydroxyl groups excluding tert-OH is 1. The molecule has 2 unspecified atom stereocenters. The first-order valence-electron chi connectivity index (χ1n) is 7.77. The van der Waals surface area contributed by atoms with Crippen LogP contribution >= 0.6 is 0 Å². The van der Waals surface area contributed by atoms with Gasteiger partial charge < -0.3 is 15.7 Å². The molecule has 0 bridgehead atoms. The van der Waals surface area contributed by atoms with E-state index in [1.54, 1.807) is 4.90 Å². The van der Waals surface area contributed by atoms with Crippen LogP contribution in [-0.2, 0) is 11.3 Å². The van der Waals surface area contributed by atoms with Crippen molar-refractivity contribution in [2.45, 2.75) is 44.7 Å². The molecule has 1 amide bonds. The topological polar surface area (TPSA) is 66.6 Å². The summed E-state index contributed by atoms with van der Waals surface area (Å²) in [6.07, 6.45) is 3.89. The molecule has 1 aliphatic rings. The molecule has 0 radical (unpaired) electrons. The number of nitrogens with zero attached hydrogens (tertiary/aromatic N) is 1. The number of nitrogens with two attached hydrogens (primary N) is 1.